The first-order chi connectivity index (χ1) is 11.6. The highest BCUT2D eigenvalue weighted by Gasteiger charge is 2.33. The van der Waals surface area contributed by atoms with Gasteiger partial charge in [0.1, 0.15) is 5.60 Å². The molecule has 0 unspecified atom stereocenters. The van der Waals surface area contributed by atoms with Crippen molar-refractivity contribution in [3.63, 3.8) is 0 Å². The van der Waals surface area contributed by atoms with E-state index in [9.17, 15) is 9.59 Å². The minimum Gasteiger partial charge on any atom is -0.463 e. The second kappa shape index (κ2) is 7.47. The summed E-state index contributed by atoms with van der Waals surface area (Å²) in [6.07, 6.45) is 2.82. The van der Waals surface area contributed by atoms with E-state index < -0.39 is 11.6 Å². The Morgan fingerprint density at radius 2 is 1.96 bits per heavy atom. The molecule has 1 aromatic heterocycles. The average molecular weight is 352 g/mol. The Bertz CT molecular complexity index is 609. The Kier molecular flexibility index (Phi) is 5.77. The molecular formula is C18H28N2O5. The van der Waals surface area contributed by atoms with E-state index in [4.69, 9.17) is 13.9 Å². The first kappa shape index (κ1) is 19.3. The highest BCUT2D eigenvalue weighted by Crippen LogP contribution is 2.24. The van der Waals surface area contributed by atoms with Gasteiger partial charge in [0.2, 0.25) is 5.76 Å². The minimum absolute atomic E-state index is 0.122. The van der Waals surface area contributed by atoms with Gasteiger partial charge in [-0.05, 0) is 46.6 Å². The molecule has 7 heteroatoms. The van der Waals surface area contributed by atoms with Crippen LogP contribution in [-0.2, 0) is 16.0 Å². The molecule has 0 saturated carbocycles. The van der Waals surface area contributed by atoms with Crippen molar-refractivity contribution in [1.29, 1.82) is 0 Å². The number of hydrogen-bond donors (Lipinski definition) is 1. The number of esters is 1. The quantitative estimate of drug-likeness (QED) is 0.839. The fourth-order valence-corrected chi connectivity index (χ4v) is 2.74. The fraction of sp³-hybridized carbons (Fsp3) is 0.667. The van der Waals surface area contributed by atoms with Crippen LogP contribution in [-0.4, -0.2) is 48.3 Å². The van der Waals surface area contributed by atoms with Crippen LogP contribution in [0.2, 0.25) is 0 Å². The number of nitrogens with zero attached hydrogens (tertiary/aromatic N) is 1. The predicted octanol–water partition coefficient (Wildman–Crippen LogP) is 2.95. The maximum Gasteiger partial charge on any atom is 0.410 e. The molecule has 2 rings (SSSR count). The third kappa shape index (κ3) is 5.22. The number of methoxy groups -OCH3 is 1. The number of likely N-dealkylation sites (tertiary alicyclic amines) is 1. The first-order valence-corrected chi connectivity index (χ1v) is 8.51. The van der Waals surface area contributed by atoms with E-state index >= 15 is 0 Å². The van der Waals surface area contributed by atoms with Gasteiger partial charge < -0.3 is 24.1 Å². The second-order valence-electron chi connectivity index (χ2n) is 7.65. The molecule has 1 aliphatic rings. The van der Waals surface area contributed by atoms with E-state index in [1.807, 2.05) is 20.8 Å². The Balaban J connectivity index is 1.88. The molecule has 0 spiro atoms. The summed E-state index contributed by atoms with van der Waals surface area (Å²) in [5, 5.41) is 3.48. The predicted molar refractivity (Wildman–Crippen MR) is 92.3 cm³/mol. The Morgan fingerprint density at radius 3 is 2.52 bits per heavy atom. The first-order valence-electron chi connectivity index (χ1n) is 8.51. The summed E-state index contributed by atoms with van der Waals surface area (Å²) in [4.78, 5) is 25.5. The molecule has 2 heterocycles. The number of carbonyl (C=O) groups is 2. The van der Waals surface area contributed by atoms with E-state index in [-0.39, 0.29) is 17.4 Å². The number of amides is 1. The molecule has 0 aliphatic carbocycles. The van der Waals surface area contributed by atoms with Crippen LogP contribution in [0.5, 0.6) is 0 Å². The van der Waals surface area contributed by atoms with Crippen LogP contribution in [0.1, 0.15) is 56.7 Å². The zero-order valence-electron chi connectivity index (χ0n) is 15.7. The molecule has 140 valence electrons. The average Bonchev–Trinajstić information content (AvgIpc) is 3.00. The summed E-state index contributed by atoms with van der Waals surface area (Å²) in [6.45, 7) is 9.49. The van der Waals surface area contributed by atoms with Crippen LogP contribution in [0.15, 0.2) is 16.7 Å². The van der Waals surface area contributed by atoms with Crippen molar-refractivity contribution in [2.75, 3.05) is 20.2 Å². The molecular weight excluding hydrogens is 324 g/mol. The third-order valence-electron chi connectivity index (χ3n) is 4.34. The zero-order valence-corrected chi connectivity index (χ0v) is 15.7. The lowest BCUT2D eigenvalue weighted by Gasteiger charge is -2.40. The van der Waals surface area contributed by atoms with Crippen molar-refractivity contribution >= 4 is 12.1 Å². The van der Waals surface area contributed by atoms with Crippen LogP contribution in [0.3, 0.4) is 0 Å². The summed E-state index contributed by atoms with van der Waals surface area (Å²) < 4.78 is 15.3. The van der Waals surface area contributed by atoms with Gasteiger partial charge >= 0.3 is 12.1 Å². The van der Waals surface area contributed by atoms with Crippen molar-refractivity contribution in [2.45, 2.75) is 58.2 Å². The Hall–Kier alpha value is -2.02. The van der Waals surface area contributed by atoms with Crippen molar-refractivity contribution < 1.29 is 23.5 Å². The minimum atomic E-state index is -0.484. The van der Waals surface area contributed by atoms with Gasteiger partial charge in [0.25, 0.3) is 0 Å². The van der Waals surface area contributed by atoms with Crippen LogP contribution in [0, 0.1) is 0 Å². The fourth-order valence-electron chi connectivity index (χ4n) is 2.74. The molecule has 1 amide bonds. The molecule has 0 atom stereocenters. The largest absolute Gasteiger partial charge is 0.463 e. The maximum absolute atomic E-state index is 12.1. The molecule has 1 aliphatic heterocycles. The molecule has 1 aromatic rings. The number of ether oxygens (including phenoxy) is 2. The normalized spacial score (nSPS) is 17.2. The second-order valence-corrected chi connectivity index (χ2v) is 7.65. The van der Waals surface area contributed by atoms with Gasteiger partial charge in [0.15, 0.2) is 0 Å². The van der Waals surface area contributed by atoms with Crippen molar-refractivity contribution in [1.82, 2.24) is 10.2 Å². The van der Waals surface area contributed by atoms with Gasteiger partial charge in [-0.1, -0.05) is 0 Å². The van der Waals surface area contributed by atoms with E-state index in [2.05, 4.69) is 12.2 Å². The van der Waals surface area contributed by atoms with Crippen LogP contribution in [0.25, 0.3) is 0 Å². The van der Waals surface area contributed by atoms with Crippen LogP contribution >= 0.6 is 0 Å². The van der Waals surface area contributed by atoms with Gasteiger partial charge in [0, 0.05) is 30.7 Å². The summed E-state index contributed by atoms with van der Waals surface area (Å²) in [5.41, 5.74) is 0.160. The molecule has 1 saturated heterocycles. The van der Waals surface area contributed by atoms with Crippen molar-refractivity contribution in [3.8, 4) is 0 Å². The molecule has 25 heavy (non-hydrogen) atoms. The van der Waals surface area contributed by atoms with E-state index in [1.165, 1.54) is 13.4 Å². The summed E-state index contributed by atoms with van der Waals surface area (Å²) in [5.74, 6) is -0.253. The van der Waals surface area contributed by atoms with Crippen LogP contribution < -0.4 is 5.32 Å². The van der Waals surface area contributed by atoms with Crippen molar-refractivity contribution in [2.24, 2.45) is 0 Å². The molecule has 0 aromatic carbocycles. The summed E-state index contributed by atoms with van der Waals surface area (Å²) in [7, 11) is 1.33. The lowest BCUT2D eigenvalue weighted by Crippen LogP contribution is -2.53. The third-order valence-corrected chi connectivity index (χ3v) is 4.34. The lowest BCUT2D eigenvalue weighted by atomic mass is 9.89. The maximum atomic E-state index is 12.1. The number of carbonyl (C=O) groups excluding carboxylic acids is 2. The molecule has 0 bridgehead atoms. The van der Waals surface area contributed by atoms with E-state index in [1.54, 1.807) is 11.0 Å². The van der Waals surface area contributed by atoms with Crippen molar-refractivity contribution in [3.05, 3.63) is 23.7 Å². The van der Waals surface area contributed by atoms with Gasteiger partial charge in [-0.15, -0.1) is 0 Å². The van der Waals surface area contributed by atoms with Gasteiger partial charge in [-0.3, -0.25) is 0 Å². The SMILES string of the molecule is COC(=O)c1occc1CNC1(C)CCN(C(=O)OC(C)(C)C)CC1. The van der Waals surface area contributed by atoms with Gasteiger partial charge in [-0.25, -0.2) is 9.59 Å². The molecule has 1 N–H and O–H groups in total. The van der Waals surface area contributed by atoms with E-state index in [0.717, 1.165) is 18.4 Å². The number of piperidine rings is 1. The monoisotopic (exact) mass is 352 g/mol. The molecule has 7 nitrogen and oxygen atoms in total. The Morgan fingerprint density at radius 1 is 1.32 bits per heavy atom. The highest BCUT2D eigenvalue weighted by molar-refractivity contribution is 5.87. The number of nitrogens with one attached hydrogen (secondary N) is 1. The number of hydrogen-bond acceptors (Lipinski definition) is 6. The van der Waals surface area contributed by atoms with Gasteiger partial charge in [-0.2, -0.15) is 0 Å². The number of rotatable bonds is 4. The van der Waals surface area contributed by atoms with Gasteiger partial charge in [0.05, 0.1) is 13.4 Å². The summed E-state index contributed by atoms with van der Waals surface area (Å²) in [6, 6.07) is 1.76. The molecule has 0 radical (unpaired) electrons. The lowest BCUT2D eigenvalue weighted by molar-refractivity contribution is 0.0156. The van der Waals surface area contributed by atoms with E-state index in [0.29, 0.717) is 19.6 Å². The highest BCUT2D eigenvalue weighted by atomic mass is 16.6. The standard InChI is InChI=1S/C18H28N2O5/c1-17(2,3)25-16(22)20-9-7-18(4,8-10-20)19-12-13-6-11-24-14(13)15(21)23-5/h6,11,19H,7-10,12H2,1-5H3. The topological polar surface area (TPSA) is 81.0 Å². The Labute approximate surface area is 148 Å². The summed E-state index contributed by atoms with van der Waals surface area (Å²) >= 11 is 0. The number of furan rings is 1. The van der Waals surface area contributed by atoms with Crippen LogP contribution in [0.4, 0.5) is 4.79 Å². The zero-order chi connectivity index (χ0) is 18.7. The molecule has 1 fully saturated rings. The smallest absolute Gasteiger partial charge is 0.410 e.